The monoisotopic (exact) mass is 546 g/mol. The normalized spacial score (nSPS) is 13.7. The summed E-state index contributed by atoms with van der Waals surface area (Å²) in [5.74, 6) is -0.349. The van der Waals surface area contributed by atoms with Gasteiger partial charge in [0, 0.05) is 35.5 Å². The van der Waals surface area contributed by atoms with Crippen LogP contribution in [0.4, 0.5) is 28.4 Å². The number of carbonyl (C=O) groups excluding carboxylic acids is 1. The molecule has 1 aliphatic rings. The molecule has 2 N–H and O–H groups in total. The largest absolute Gasteiger partial charge is 0.331 e. The molecule has 0 unspecified atom stereocenters. The van der Waals surface area contributed by atoms with Crippen molar-refractivity contribution in [2.75, 3.05) is 31.0 Å². The summed E-state index contributed by atoms with van der Waals surface area (Å²) in [5.41, 5.74) is 5.35. The second-order valence-electron chi connectivity index (χ2n) is 8.59. The molecule has 3 aromatic carbocycles. The first-order chi connectivity index (χ1) is 18.6. The lowest BCUT2D eigenvalue weighted by atomic mass is 10.1. The van der Waals surface area contributed by atoms with E-state index in [1.54, 1.807) is 42.5 Å². The molecule has 0 spiro atoms. The Morgan fingerprint density at radius 2 is 1.64 bits per heavy atom. The summed E-state index contributed by atoms with van der Waals surface area (Å²) >= 11 is 5.23. The van der Waals surface area contributed by atoms with Gasteiger partial charge in [-0.1, -0.05) is 0 Å². The minimum atomic E-state index is -0.510. The fourth-order valence-electron chi connectivity index (χ4n) is 3.70. The summed E-state index contributed by atoms with van der Waals surface area (Å²) in [7, 11) is 3.64. The first kappa shape index (κ1) is 27.0. The first-order valence-corrected chi connectivity index (χ1v) is 11.8. The maximum absolute atomic E-state index is 13.2. The van der Waals surface area contributed by atoms with Crippen LogP contribution in [-0.2, 0) is 4.79 Å². The van der Waals surface area contributed by atoms with Crippen LogP contribution in [0.15, 0.2) is 76.8 Å². The number of carbonyl (C=O) groups is 1. The highest BCUT2D eigenvalue weighted by Crippen LogP contribution is 2.34. The van der Waals surface area contributed by atoms with Gasteiger partial charge < -0.3 is 5.32 Å². The van der Waals surface area contributed by atoms with Crippen molar-refractivity contribution in [2.24, 2.45) is 10.1 Å². The number of thiocarbonyl (C=S) groups is 1. The van der Waals surface area contributed by atoms with Gasteiger partial charge in [0.25, 0.3) is 17.3 Å². The van der Waals surface area contributed by atoms with E-state index in [-0.39, 0.29) is 28.1 Å². The van der Waals surface area contributed by atoms with Gasteiger partial charge in [0.1, 0.15) is 5.71 Å². The van der Waals surface area contributed by atoms with Crippen molar-refractivity contribution < 1.29 is 14.6 Å². The first-order valence-electron chi connectivity index (χ1n) is 11.4. The van der Waals surface area contributed by atoms with E-state index in [9.17, 15) is 25.0 Å². The average Bonchev–Trinajstić information content (AvgIpc) is 3.15. The lowest BCUT2D eigenvalue weighted by Crippen LogP contribution is -2.37. The predicted molar refractivity (Wildman–Crippen MR) is 152 cm³/mol. The number of anilines is 2. The van der Waals surface area contributed by atoms with Crippen LogP contribution >= 0.6 is 12.2 Å². The number of nitrogens with one attached hydrogen (secondary N) is 2. The molecule has 0 atom stereocenters. The standard InChI is InChI=1S/C25H22N8O5S/c1-30(2)15-31-22-12-11-20(33(37)38)13-21(22)23(24(31)34)27-17-5-7-18(8-6-17)28-25(39)29-26-14-16-3-9-19(10-4-16)32(35)36/h3-14H,15H2,1-2H3,(H2,28,29,39). The van der Waals surface area contributed by atoms with Crippen LogP contribution in [0.5, 0.6) is 0 Å². The van der Waals surface area contributed by atoms with E-state index in [2.05, 4.69) is 20.8 Å². The van der Waals surface area contributed by atoms with Crippen LogP contribution < -0.4 is 15.6 Å². The van der Waals surface area contributed by atoms with E-state index >= 15 is 0 Å². The molecule has 198 valence electrons. The molecule has 4 rings (SSSR count). The Morgan fingerprint density at radius 3 is 2.26 bits per heavy atom. The molecule has 0 saturated carbocycles. The Balaban J connectivity index is 1.45. The van der Waals surface area contributed by atoms with Gasteiger partial charge in [0.05, 0.1) is 34.1 Å². The third-order valence-electron chi connectivity index (χ3n) is 5.46. The number of hydrogen-bond acceptors (Lipinski definition) is 9. The molecule has 0 radical (unpaired) electrons. The maximum atomic E-state index is 13.2. The van der Waals surface area contributed by atoms with Crippen LogP contribution in [0.25, 0.3) is 0 Å². The minimum Gasteiger partial charge on any atom is -0.331 e. The molecule has 0 aliphatic carbocycles. The second kappa shape index (κ2) is 11.5. The van der Waals surface area contributed by atoms with Crippen molar-refractivity contribution in [3.63, 3.8) is 0 Å². The van der Waals surface area contributed by atoms with E-state index < -0.39 is 9.85 Å². The zero-order valence-electron chi connectivity index (χ0n) is 20.8. The average molecular weight is 547 g/mol. The number of fused-ring (bicyclic) bond motifs is 1. The van der Waals surface area contributed by atoms with Crippen molar-refractivity contribution in [3.8, 4) is 0 Å². The van der Waals surface area contributed by atoms with Crippen LogP contribution in [-0.4, -0.2) is 58.5 Å². The van der Waals surface area contributed by atoms with Gasteiger partial charge in [-0.15, -0.1) is 0 Å². The number of amides is 1. The van der Waals surface area contributed by atoms with Crippen molar-refractivity contribution in [1.29, 1.82) is 0 Å². The molecule has 0 bridgehead atoms. The Kier molecular flexibility index (Phi) is 7.98. The number of benzene rings is 3. The van der Waals surface area contributed by atoms with E-state index in [0.29, 0.717) is 34.9 Å². The van der Waals surface area contributed by atoms with Crippen LogP contribution in [0, 0.1) is 20.2 Å². The highest BCUT2D eigenvalue weighted by Gasteiger charge is 2.35. The molecular weight excluding hydrogens is 524 g/mol. The number of nitro benzene ring substituents is 2. The molecule has 14 heteroatoms. The van der Waals surface area contributed by atoms with E-state index in [4.69, 9.17) is 12.2 Å². The van der Waals surface area contributed by atoms with Gasteiger partial charge in [-0.3, -0.25) is 40.2 Å². The molecule has 0 saturated heterocycles. The summed E-state index contributed by atoms with van der Waals surface area (Å²) in [6, 6.07) is 16.9. The van der Waals surface area contributed by atoms with E-state index in [0.717, 1.165) is 0 Å². The molecule has 0 aromatic heterocycles. The van der Waals surface area contributed by atoms with Gasteiger partial charge in [-0.05, 0) is 74.3 Å². The lowest BCUT2D eigenvalue weighted by molar-refractivity contribution is -0.385. The minimum absolute atomic E-state index is 0.0143. The van der Waals surface area contributed by atoms with Crippen molar-refractivity contribution >= 4 is 63.6 Å². The van der Waals surface area contributed by atoms with Crippen LogP contribution in [0.3, 0.4) is 0 Å². The summed E-state index contributed by atoms with van der Waals surface area (Å²) in [6.07, 6.45) is 1.47. The maximum Gasteiger partial charge on any atom is 0.278 e. The third-order valence-corrected chi connectivity index (χ3v) is 5.65. The van der Waals surface area contributed by atoms with Crippen molar-refractivity contribution in [2.45, 2.75) is 0 Å². The molecule has 39 heavy (non-hydrogen) atoms. The summed E-state index contributed by atoms with van der Waals surface area (Å²) in [5, 5.41) is 29.2. The van der Waals surface area contributed by atoms with Gasteiger partial charge >= 0.3 is 0 Å². The number of non-ortho nitro benzene ring substituents is 2. The predicted octanol–water partition coefficient (Wildman–Crippen LogP) is 3.81. The SMILES string of the molecule is CN(C)CN1C(=O)C(=Nc2ccc(NC(=S)NN=Cc3ccc([N+](=O)[O-])cc3)cc2)c2cc([N+](=O)[O-])ccc21. The smallest absolute Gasteiger partial charge is 0.278 e. The fourth-order valence-corrected chi connectivity index (χ4v) is 3.87. The zero-order chi connectivity index (χ0) is 28.1. The topological polar surface area (TPSA) is 159 Å². The van der Waals surface area contributed by atoms with Gasteiger partial charge in [-0.2, -0.15) is 5.10 Å². The van der Waals surface area contributed by atoms with Gasteiger partial charge in [-0.25, -0.2) is 4.99 Å². The molecule has 1 aliphatic heterocycles. The highest BCUT2D eigenvalue weighted by molar-refractivity contribution is 7.80. The van der Waals surface area contributed by atoms with Crippen molar-refractivity contribution in [1.82, 2.24) is 10.3 Å². The Bertz CT molecular complexity index is 1500. The Hall–Kier alpha value is -5.08. The number of nitro groups is 2. The van der Waals surface area contributed by atoms with E-state index in [1.807, 2.05) is 19.0 Å². The van der Waals surface area contributed by atoms with Gasteiger partial charge in [0.2, 0.25) is 0 Å². The Labute approximate surface area is 227 Å². The second-order valence-corrected chi connectivity index (χ2v) is 9.00. The van der Waals surface area contributed by atoms with E-state index in [1.165, 1.54) is 35.4 Å². The highest BCUT2D eigenvalue weighted by atomic mass is 32.1. The number of rotatable bonds is 8. The zero-order valence-corrected chi connectivity index (χ0v) is 21.6. The number of hydrazone groups is 1. The molecular formula is C25H22N8O5S. The molecule has 13 nitrogen and oxygen atoms in total. The molecule has 0 fully saturated rings. The summed E-state index contributed by atoms with van der Waals surface area (Å²) in [6.45, 7) is 0.294. The summed E-state index contributed by atoms with van der Waals surface area (Å²) < 4.78 is 0. The number of nitrogens with zero attached hydrogens (tertiary/aromatic N) is 6. The summed E-state index contributed by atoms with van der Waals surface area (Å²) in [4.78, 5) is 42.1. The molecule has 1 heterocycles. The number of aliphatic imine (C=N–C) groups is 1. The Morgan fingerprint density at radius 1 is 1.00 bits per heavy atom. The van der Waals surface area contributed by atoms with Gasteiger partial charge in [0.15, 0.2) is 5.11 Å². The fraction of sp³-hybridized carbons (Fsp3) is 0.120. The molecule has 1 amide bonds. The van der Waals surface area contributed by atoms with Crippen molar-refractivity contribution in [3.05, 3.63) is 98.1 Å². The lowest BCUT2D eigenvalue weighted by Gasteiger charge is -2.21. The van der Waals surface area contributed by atoms with Crippen LogP contribution in [0.1, 0.15) is 11.1 Å². The third kappa shape index (κ3) is 6.44. The molecule has 3 aromatic rings. The van der Waals surface area contributed by atoms with Crippen LogP contribution in [0.2, 0.25) is 0 Å². The number of hydrogen-bond donors (Lipinski definition) is 2. The quantitative estimate of drug-likeness (QED) is 0.185.